The zero-order valence-corrected chi connectivity index (χ0v) is 13.6. The number of rotatable bonds is 5. The molecule has 6 heteroatoms. The van der Waals surface area contributed by atoms with E-state index in [2.05, 4.69) is 21.7 Å². The van der Waals surface area contributed by atoms with Gasteiger partial charge in [0, 0.05) is 6.54 Å². The highest BCUT2D eigenvalue weighted by Crippen LogP contribution is 2.63. The number of alkyl halides is 2. The molecule has 1 saturated carbocycles. The molecular formula is C13H18Cl2N2OS. The fourth-order valence-electron chi connectivity index (χ4n) is 2.09. The van der Waals surface area contributed by atoms with Crippen molar-refractivity contribution in [2.75, 3.05) is 20.6 Å². The van der Waals surface area contributed by atoms with Crippen molar-refractivity contribution >= 4 is 40.4 Å². The number of nitrogens with one attached hydrogen (secondary N) is 1. The van der Waals surface area contributed by atoms with Gasteiger partial charge in [-0.2, -0.15) is 11.3 Å². The second kappa shape index (κ2) is 5.24. The highest BCUT2D eigenvalue weighted by Gasteiger charge is 2.67. The lowest BCUT2D eigenvalue weighted by Crippen LogP contribution is -2.39. The quantitative estimate of drug-likeness (QED) is 0.846. The lowest BCUT2D eigenvalue weighted by molar-refractivity contribution is -0.126. The first kappa shape index (κ1) is 15.1. The van der Waals surface area contributed by atoms with Gasteiger partial charge < -0.3 is 10.2 Å². The smallest absolute Gasteiger partial charge is 0.229 e. The van der Waals surface area contributed by atoms with Crippen LogP contribution in [-0.4, -0.2) is 35.8 Å². The summed E-state index contributed by atoms with van der Waals surface area (Å²) in [6, 6.07) is 2.24. The van der Waals surface area contributed by atoms with Crippen LogP contribution in [0, 0.1) is 5.41 Å². The Labute approximate surface area is 127 Å². The summed E-state index contributed by atoms with van der Waals surface area (Å²) < 4.78 is -0.910. The molecule has 2 atom stereocenters. The minimum atomic E-state index is -0.910. The topological polar surface area (TPSA) is 32.3 Å². The van der Waals surface area contributed by atoms with Gasteiger partial charge in [0.25, 0.3) is 0 Å². The fourth-order valence-corrected chi connectivity index (χ4v) is 3.51. The van der Waals surface area contributed by atoms with Crippen molar-refractivity contribution in [3.8, 4) is 0 Å². The number of carbonyl (C=O) groups excluding carboxylic acids is 1. The van der Waals surface area contributed by atoms with Gasteiger partial charge in [0.2, 0.25) is 5.91 Å². The third kappa shape index (κ3) is 2.92. The molecule has 106 valence electrons. The standard InChI is InChI=1S/C13H18Cl2N2OS/c1-12(8-13(12,14)15)11(18)16-6-10(17(2)3)9-4-5-19-7-9/h4-5,7,10H,6,8H2,1-3H3,(H,16,18). The van der Waals surface area contributed by atoms with Gasteiger partial charge in [0.15, 0.2) is 0 Å². The molecule has 2 unspecified atom stereocenters. The van der Waals surface area contributed by atoms with Crippen LogP contribution >= 0.6 is 34.5 Å². The van der Waals surface area contributed by atoms with Gasteiger partial charge >= 0.3 is 0 Å². The van der Waals surface area contributed by atoms with Crippen molar-refractivity contribution in [2.24, 2.45) is 5.41 Å². The Hall–Kier alpha value is -0.290. The SMILES string of the molecule is CN(C)C(CNC(=O)C1(C)CC1(Cl)Cl)c1ccsc1. The largest absolute Gasteiger partial charge is 0.354 e. The maximum absolute atomic E-state index is 12.1. The summed E-state index contributed by atoms with van der Waals surface area (Å²) in [5, 5.41) is 7.11. The molecule has 1 aromatic heterocycles. The van der Waals surface area contributed by atoms with Crippen molar-refractivity contribution in [3.05, 3.63) is 22.4 Å². The predicted molar refractivity (Wildman–Crippen MR) is 80.9 cm³/mol. The number of amides is 1. The van der Waals surface area contributed by atoms with Crippen molar-refractivity contribution in [1.82, 2.24) is 10.2 Å². The van der Waals surface area contributed by atoms with Crippen LogP contribution in [0.3, 0.4) is 0 Å². The van der Waals surface area contributed by atoms with Gasteiger partial charge in [-0.1, -0.05) is 0 Å². The Kier molecular flexibility index (Phi) is 4.17. The Morgan fingerprint density at radius 1 is 1.58 bits per heavy atom. The fraction of sp³-hybridized carbons (Fsp3) is 0.615. The number of hydrogen-bond donors (Lipinski definition) is 1. The van der Waals surface area contributed by atoms with Crippen LogP contribution in [0.2, 0.25) is 0 Å². The molecule has 2 rings (SSSR count). The van der Waals surface area contributed by atoms with Gasteiger partial charge in [-0.25, -0.2) is 0 Å². The first-order valence-electron chi connectivity index (χ1n) is 6.12. The number of nitrogens with zero attached hydrogens (tertiary/aromatic N) is 1. The number of thiophene rings is 1. The molecule has 3 nitrogen and oxygen atoms in total. The third-order valence-corrected chi connectivity index (χ3v) is 5.57. The molecule has 0 radical (unpaired) electrons. The van der Waals surface area contributed by atoms with Gasteiger partial charge in [0.1, 0.15) is 4.33 Å². The van der Waals surface area contributed by atoms with E-state index in [9.17, 15) is 4.79 Å². The molecule has 0 saturated heterocycles. The van der Waals surface area contributed by atoms with Gasteiger partial charge in [-0.3, -0.25) is 4.79 Å². The summed E-state index contributed by atoms with van der Waals surface area (Å²) in [6.45, 7) is 2.36. The summed E-state index contributed by atoms with van der Waals surface area (Å²) in [5.74, 6) is -0.0698. The second-order valence-corrected chi connectivity index (χ2v) is 7.72. The zero-order chi connectivity index (χ0) is 14.3. The van der Waals surface area contributed by atoms with E-state index in [0.29, 0.717) is 13.0 Å². The molecule has 19 heavy (non-hydrogen) atoms. The maximum atomic E-state index is 12.1. The lowest BCUT2D eigenvalue weighted by Gasteiger charge is -2.25. The zero-order valence-electron chi connectivity index (χ0n) is 11.2. The average molecular weight is 321 g/mol. The van der Waals surface area contributed by atoms with E-state index < -0.39 is 9.75 Å². The van der Waals surface area contributed by atoms with E-state index in [1.807, 2.05) is 19.5 Å². The monoisotopic (exact) mass is 320 g/mol. The van der Waals surface area contributed by atoms with Crippen LogP contribution in [0.5, 0.6) is 0 Å². The van der Waals surface area contributed by atoms with E-state index in [1.54, 1.807) is 18.3 Å². The number of halogens is 2. The van der Waals surface area contributed by atoms with Crippen molar-refractivity contribution in [3.63, 3.8) is 0 Å². The highest BCUT2D eigenvalue weighted by molar-refractivity contribution is 7.07. The molecule has 1 fully saturated rings. The van der Waals surface area contributed by atoms with Crippen LogP contribution in [-0.2, 0) is 4.79 Å². The third-order valence-electron chi connectivity index (χ3n) is 3.77. The van der Waals surface area contributed by atoms with Crippen LogP contribution in [0.1, 0.15) is 24.9 Å². The lowest BCUT2D eigenvalue weighted by atomic mass is 10.1. The second-order valence-electron chi connectivity index (χ2n) is 5.46. The van der Waals surface area contributed by atoms with Crippen LogP contribution in [0.15, 0.2) is 16.8 Å². The molecule has 0 aliphatic heterocycles. The van der Waals surface area contributed by atoms with Crippen LogP contribution in [0.25, 0.3) is 0 Å². The van der Waals surface area contributed by atoms with Gasteiger partial charge in [-0.15, -0.1) is 23.2 Å². The van der Waals surface area contributed by atoms with Crippen molar-refractivity contribution in [1.29, 1.82) is 0 Å². The van der Waals surface area contributed by atoms with E-state index >= 15 is 0 Å². The molecule has 1 N–H and O–H groups in total. The molecule has 0 spiro atoms. The van der Waals surface area contributed by atoms with Crippen LogP contribution < -0.4 is 5.32 Å². The minimum absolute atomic E-state index is 0.0698. The summed E-state index contributed by atoms with van der Waals surface area (Å²) in [4.78, 5) is 14.2. The summed E-state index contributed by atoms with van der Waals surface area (Å²) in [5.41, 5.74) is 0.556. The Morgan fingerprint density at radius 2 is 2.21 bits per heavy atom. The molecular weight excluding hydrogens is 303 g/mol. The summed E-state index contributed by atoms with van der Waals surface area (Å²) >= 11 is 13.7. The number of hydrogen-bond acceptors (Lipinski definition) is 3. The maximum Gasteiger partial charge on any atom is 0.229 e. The number of likely N-dealkylation sites (N-methyl/N-ethyl adjacent to an activating group) is 1. The Bertz CT molecular complexity index is 461. The molecule has 0 aromatic carbocycles. The molecule has 1 heterocycles. The van der Waals surface area contributed by atoms with Crippen molar-refractivity contribution in [2.45, 2.75) is 23.7 Å². The van der Waals surface area contributed by atoms with E-state index in [-0.39, 0.29) is 11.9 Å². The van der Waals surface area contributed by atoms with Crippen molar-refractivity contribution < 1.29 is 4.79 Å². The predicted octanol–water partition coefficient (Wildman–Crippen LogP) is 3.05. The Balaban J connectivity index is 1.96. The molecule has 0 bridgehead atoms. The van der Waals surface area contributed by atoms with E-state index in [4.69, 9.17) is 23.2 Å². The highest BCUT2D eigenvalue weighted by atomic mass is 35.5. The van der Waals surface area contributed by atoms with Gasteiger partial charge in [-0.05, 0) is 49.8 Å². The summed E-state index contributed by atoms with van der Waals surface area (Å²) in [7, 11) is 4.00. The number of carbonyl (C=O) groups is 1. The first-order chi connectivity index (χ1) is 8.78. The summed E-state index contributed by atoms with van der Waals surface area (Å²) in [6.07, 6.45) is 0.514. The minimum Gasteiger partial charge on any atom is -0.354 e. The average Bonchev–Trinajstić information content (AvgIpc) is 2.71. The van der Waals surface area contributed by atoms with Gasteiger partial charge in [0.05, 0.1) is 11.5 Å². The first-order valence-corrected chi connectivity index (χ1v) is 7.82. The molecule has 1 aromatic rings. The molecule has 1 amide bonds. The normalized spacial score (nSPS) is 26.2. The Morgan fingerprint density at radius 3 is 2.63 bits per heavy atom. The van der Waals surface area contributed by atoms with Crippen LogP contribution in [0.4, 0.5) is 0 Å². The van der Waals surface area contributed by atoms with E-state index in [1.165, 1.54) is 5.56 Å². The molecule has 1 aliphatic rings. The molecule has 1 aliphatic carbocycles. The van der Waals surface area contributed by atoms with E-state index in [0.717, 1.165) is 0 Å².